The molecule has 0 saturated heterocycles. The molecule has 0 heterocycles. The number of fused-ring (bicyclic) bond motifs is 3. The van der Waals surface area contributed by atoms with E-state index in [4.69, 9.17) is 17.0 Å². The SMILES string of the molecule is CCC1=Cc2c(-c3ccc(C(C)(C)C)cc3)cccc2[CH]1[Zr]([Cl])([Cl])([CH]1C(C)=Cc2c(-c3cccc4ccccc34)cccc21)[SiH](C)C. The second-order valence-electron chi connectivity index (χ2n) is 15.2. The van der Waals surface area contributed by atoms with Gasteiger partial charge in [-0.1, -0.05) is 0 Å². The van der Waals surface area contributed by atoms with E-state index in [1.165, 1.54) is 72.0 Å². The summed E-state index contributed by atoms with van der Waals surface area (Å²) < 4.78 is 0.178. The van der Waals surface area contributed by atoms with Crippen molar-refractivity contribution in [3.63, 3.8) is 0 Å². The Morgan fingerprint density at radius 2 is 1.23 bits per heavy atom. The van der Waals surface area contributed by atoms with Crippen molar-refractivity contribution in [1.29, 1.82) is 0 Å². The van der Waals surface area contributed by atoms with Gasteiger partial charge in [0.1, 0.15) is 0 Å². The molecule has 2 atom stereocenters. The number of benzene rings is 5. The topological polar surface area (TPSA) is 0 Å². The molecule has 0 aliphatic heterocycles. The summed E-state index contributed by atoms with van der Waals surface area (Å²) in [5.74, 6) is -1.62. The Morgan fingerprint density at radius 3 is 1.89 bits per heavy atom. The molecule has 5 aromatic rings. The number of allylic oxidation sites excluding steroid dienone is 2. The molecule has 0 aromatic heterocycles. The van der Waals surface area contributed by atoms with Gasteiger partial charge in [-0.25, -0.2) is 0 Å². The van der Waals surface area contributed by atoms with Crippen LogP contribution in [0.5, 0.6) is 0 Å². The van der Waals surface area contributed by atoms with Crippen molar-refractivity contribution >= 4 is 45.9 Å². The summed E-state index contributed by atoms with van der Waals surface area (Å²) in [5.41, 5.74) is 14.6. The Bertz CT molecular complexity index is 2090. The van der Waals surface area contributed by atoms with Gasteiger partial charge in [0, 0.05) is 0 Å². The quantitative estimate of drug-likeness (QED) is 0.152. The molecule has 0 N–H and O–H groups in total. The van der Waals surface area contributed by atoms with Crippen molar-refractivity contribution in [2.75, 3.05) is 0 Å². The fourth-order valence-electron chi connectivity index (χ4n) is 8.64. The van der Waals surface area contributed by atoms with E-state index in [1.54, 1.807) is 0 Å². The molecule has 47 heavy (non-hydrogen) atoms. The predicted molar refractivity (Wildman–Crippen MR) is 208 cm³/mol. The molecule has 239 valence electrons. The molecule has 4 heteroatoms. The van der Waals surface area contributed by atoms with E-state index in [0.29, 0.717) is 0 Å². The predicted octanol–water partition coefficient (Wildman–Crippen LogP) is 13.5. The van der Waals surface area contributed by atoms with Crippen LogP contribution in [0.15, 0.2) is 114 Å². The summed E-state index contributed by atoms with van der Waals surface area (Å²) in [6.07, 6.45) is 5.83. The molecular weight excluding hydrogens is 707 g/mol. The molecule has 0 radical (unpaired) electrons. The van der Waals surface area contributed by atoms with Gasteiger partial charge in [-0.15, -0.1) is 0 Å². The Kier molecular flexibility index (Phi) is 8.32. The standard InChI is InChI=1S/C21H23.C20H15.C2H7Si.2ClH.Zr/c1-5-15-13-17-7-6-8-19(20(17)14-15)16-9-11-18(12-10-16)21(2,3)4;1-14-12-16-8-5-11-19(20(16)13-14)18-10-4-7-15-6-2-3-9-17(15)18;1-3-2;;;/h6-14H,5H2,1-4H3;2-13H,1H3;3H,1-2H3;2*1H;/q;;;;;+2/p-2. The van der Waals surface area contributed by atoms with E-state index in [1.807, 2.05) is 0 Å². The maximum atomic E-state index is 8.58. The van der Waals surface area contributed by atoms with Crippen molar-refractivity contribution in [2.24, 2.45) is 0 Å². The first-order chi connectivity index (χ1) is 22.3. The zero-order chi connectivity index (χ0) is 33.3. The van der Waals surface area contributed by atoms with Crippen molar-refractivity contribution < 1.29 is 15.6 Å². The van der Waals surface area contributed by atoms with Gasteiger partial charge in [-0.05, 0) is 0 Å². The average Bonchev–Trinajstić information content (AvgIpc) is 3.62. The number of hydrogen-bond acceptors (Lipinski definition) is 0. The zero-order valence-electron chi connectivity index (χ0n) is 28.7. The fraction of sp³-hybridized carbons (Fsp3) is 0.256. The molecule has 0 fully saturated rings. The van der Waals surface area contributed by atoms with Gasteiger partial charge in [0.15, 0.2) is 0 Å². The summed E-state index contributed by atoms with van der Waals surface area (Å²) in [6.45, 7) is 16.3. The van der Waals surface area contributed by atoms with E-state index < -0.39 is 21.5 Å². The molecule has 0 bridgehead atoms. The summed E-state index contributed by atoms with van der Waals surface area (Å²) in [7, 11) is 17.2. The van der Waals surface area contributed by atoms with Crippen LogP contribution in [0.4, 0.5) is 0 Å². The molecule has 7 rings (SSSR count). The molecule has 0 spiro atoms. The Hall–Kier alpha value is -2.48. The third-order valence-electron chi connectivity index (χ3n) is 11.2. The Balaban J connectivity index is 1.40. The van der Waals surface area contributed by atoms with Crippen LogP contribution in [0.3, 0.4) is 0 Å². The molecule has 0 nitrogen and oxygen atoms in total. The molecular formula is C43H45Cl2SiZr. The van der Waals surface area contributed by atoms with Crippen molar-refractivity contribution in [3.8, 4) is 22.3 Å². The van der Waals surface area contributed by atoms with Crippen LogP contribution >= 0.6 is 17.0 Å². The van der Waals surface area contributed by atoms with Gasteiger partial charge in [-0.2, -0.15) is 0 Å². The molecule has 0 saturated carbocycles. The number of hydrogen-bond donors (Lipinski definition) is 0. The second kappa shape index (κ2) is 11.8. The first-order valence-electron chi connectivity index (χ1n) is 17.1. The van der Waals surface area contributed by atoms with Gasteiger partial charge in [0.2, 0.25) is 0 Å². The zero-order valence-corrected chi connectivity index (χ0v) is 33.8. The van der Waals surface area contributed by atoms with Gasteiger partial charge >= 0.3 is 293 Å². The van der Waals surface area contributed by atoms with Gasteiger partial charge in [-0.3, -0.25) is 0 Å². The first-order valence-corrected chi connectivity index (χ1v) is 33.5. The van der Waals surface area contributed by atoms with E-state index in [-0.39, 0.29) is 12.7 Å². The van der Waals surface area contributed by atoms with Crippen LogP contribution in [0.1, 0.15) is 76.1 Å². The van der Waals surface area contributed by atoms with Crippen LogP contribution in [-0.4, -0.2) is 5.92 Å². The van der Waals surface area contributed by atoms with E-state index in [0.717, 1.165) is 6.42 Å². The third-order valence-corrected chi connectivity index (χ3v) is 63.2. The van der Waals surface area contributed by atoms with Crippen molar-refractivity contribution in [3.05, 3.63) is 142 Å². The Labute approximate surface area is 290 Å². The molecule has 2 aliphatic rings. The van der Waals surface area contributed by atoms with Crippen LogP contribution in [0.2, 0.25) is 13.1 Å². The summed E-state index contributed by atoms with van der Waals surface area (Å²) in [4.78, 5) is 0. The molecule has 2 aliphatic carbocycles. The molecule has 2 unspecified atom stereocenters. The van der Waals surface area contributed by atoms with E-state index in [2.05, 4.69) is 163 Å². The normalized spacial score (nSPS) is 18.5. The van der Waals surface area contributed by atoms with E-state index in [9.17, 15) is 0 Å². The van der Waals surface area contributed by atoms with Crippen molar-refractivity contribution in [1.82, 2.24) is 0 Å². The monoisotopic (exact) mass is 749 g/mol. The maximum absolute atomic E-state index is 8.58. The summed E-state index contributed by atoms with van der Waals surface area (Å²) in [6, 6.07) is 38.2. The van der Waals surface area contributed by atoms with Crippen LogP contribution in [0.25, 0.3) is 45.2 Å². The van der Waals surface area contributed by atoms with Crippen LogP contribution in [-0.2, 0) is 21.0 Å². The van der Waals surface area contributed by atoms with Crippen LogP contribution < -0.4 is 0 Å². The van der Waals surface area contributed by atoms with Crippen LogP contribution in [0, 0.1) is 0 Å². The second-order valence-corrected chi connectivity index (χ2v) is 57.7. The summed E-state index contributed by atoms with van der Waals surface area (Å²) in [5, 5.41) is 2.54. The van der Waals surface area contributed by atoms with E-state index >= 15 is 0 Å². The number of halogens is 2. The summed E-state index contributed by atoms with van der Waals surface area (Å²) >= 11 is -4.78. The molecule has 5 aromatic carbocycles. The average molecular weight is 752 g/mol. The number of rotatable bonds is 6. The molecule has 0 amide bonds. The minimum absolute atomic E-state index is 0.0805. The van der Waals surface area contributed by atoms with Gasteiger partial charge in [0.05, 0.1) is 0 Å². The van der Waals surface area contributed by atoms with Gasteiger partial charge in [0.25, 0.3) is 0 Å². The minimum atomic E-state index is -4.78. The Morgan fingerprint density at radius 1 is 0.660 bits per heavy atom. The fourth-order valence-corrected chi connectivity index (χ4v) is 41.0. The third kappa shape index (κ3) is 5.17. The van der Waals surface area contributed by atoms with Gasteiger partial charge < -0.3 is 0 Å². The first kappa shape index (κ1) is 33.0. The van der Waals surface area contributed by atoms with Crippen molar-refractivity contribution in [2.45, 2.75) is 66.8 Å².